The summed E-state index contributed by atoms with van der Waals surface area (Å²) < 4.78 is 6.76. The molecule has 2 heteroatoms. The van der Waals surface area contributed by atoms with Crippen molar-refractivity contribution in [3.8, 4) is 5.75 Å². The van der Waals surface area contributed by atoms with Gasteiger partial charge in [0.1, 0.15) is 5.75 Å². The molecule has 0 bridgehead atoms. The van der Waals surface area contributed by atoms with Crippen molar-refractivity contribution in [1.29, 1.82) is 0 Å². The first kappa shape index (κ1) is 9.84. The Bertz CT molecular complexity index is 245. The predicted octanol–water partition coefficient (Wildman–Crippen LogP) is 3.33. The van der Waals surface area contributed by atoms with Gasteiger partial charge in [0.25, 0.3) is 0 Å². The van der Waals surface area contributed by atoms with Crippen molar-refractivity contribution in [2.24, 2.45) is 5.92 Å². The number of benzene rings is 1. The maximum atomic E-state index is 5.54. The molecular weight excluding hydrogens is 263 g/mol. The molecule has 1 aromatic carbocycles. The molecule has 1 nitrogen and oxygen atoms in total. The first-order valence-electron chi connectivity index (χ1n) is 4.07. The fraction of sp³-hybridized carbons (Fsp3) is 0.400. The summed E-state index contributed by atoms with van der Waals surface area (Å²) in [6.45, 7) is 5.09. The highest BCUT2D eigenvalue weighted by Crippen LogP contribution is 2.15. The monoisotopic (exact) mass is 276 g/mol. The van der Waals surface area contributed by atoms with Crippen molar-refractivity contribution in [2.75, 3.05) is 6.61 Å². The van der Waals surface area contributed by atoms with Crippen molar-refractivity contribution in [3.63, 3.8) is 0 Å². The zero-order chi connectivity index (χ0) is 8.97. The van der Waals surface area contributed by atoms with E-state index in [0.717, 1.165) is 12.4 Å². The molecule has 0 aromatic heterocycles. The maximum Gasteiger partial charge on any atom is 0.120 e. The Hall–Kier alpha value is -0.250. The lowest BCUT2D eigenvalue weighted by atomic mass is 10.2. The van der Waals surface area contributed by atoms with Gasteiger partial charge in [0, 0.05) is 3.57 Å². The molecule has 0 amide bonds. The van der Waals surface area contributed by atoms with Crippen LogP contribution >= 0.6 is 22.6 Å². The molecule has 0 radical (unpaired) electrons. The van der Waals surface area contributed by atoms with Gasteiger partial charge in [-0.1, -0.05) is 19.9 Å². The highest BCUT2D eigenvalue weighted by atomic mass is 127. The molecule has 0 heterocycles. The Morgan fingerprint density at radius 1 is 1.42 bits per heavy atom. The molecule has 0 aliphatic carbocycles. The summed E-state index contributed by atoms with van der Waals surface area (Å²) in [5.41, 5.74) is 0. The van der Waals surface area contributed by atoms with Gasteiger partial charge in [0.2, 0.25) is 0 Å². The third-order valence-corrected chi connectivity index (χ3v) is 2.05. The molecule has 12 heavy (non-hydrogen) atoms. The second-order valence-corrected chi connectivity index (χ2v) is 4.41. The van der Waals surface area contributed by atoms with Crippen molar-refractivity contribution in [3.05, 3.63) is 27.8 Å². The van der Waals surface area contributed by atoms with E-state index >= 15 is 0 Å². The van der Waals surface area contributed by atoms with Crippen LogP contribution in [0.1, 0.15) is 13.8 Å². The molecule has 0 fully saturated rings. The number of hydrogen-bond acceptors (Lipinski definition) is 1. The third-order valence-electron chi connectivity index (χ3n) is 1.38. The van der Waals surface area contributed by atoms with E-state index in [1.54, 1.807) is 0 Å². The first-order valence-corrected chi connectivity index (χ1v) is 5.14. The topological polar surface area (TPSA) is 9.23 Å². The van der Waals surface area contributed by atoms with Crippen LogP contribution in [0.25, 0.3) is 0 Å². The minimum absolute atomic E-state index is 0.586. The minimum Gasteiger partial charge on any atom is -0.493 e. The Labute approximate surface area is 87.3 Å². The van der Waals surface area contributed by atoms with E-state index in [0.29, 0.717) is 5.92 Å². The van der Waals surface area contributed by atoms with Crippen LogP contribution in [0.15, 0.2) is 24.3 Å². The largest absolute Gasteiger partial charge is 0.493 e. The van der Waals surface area contributed by atoms with E-state index in [1.807, 2.05) is 18.2 Å². The van der Waals surface area contributed by atoms with E-state index in [1.165, 1.54) is 3.57 Å². The summed E-state index contributed by atoms with van der Waals surface area (Å²) in [5.74, 6) is 1.55. The molecule has 0 spiro atoms. The minimum atomic E-state index is 0.586. The zero-order valence-electron chi connectivity index (χ0n) is 7.38. The van der Waals surface area contributed by atoms with Gasteiger partial charge in [-0.05, 0) is 46.7 Å². The van der Waals surface area contributed by atoms with Gasteiger partial charge in [0.15, 0.2) is 0 Å². The lowest BCUT2D eigenvalue weighted by molar-refractivity contribution is 0.271. The fourth-order valence-corrected chi connectivity index (χ4v) is 1.33. The van der Waals surface area contributed by atoms with Gasteiger partial charge in [-0.15, -0.1) is 0 Å². The van der Waals surface area contributed by atoms with Crippen molar-refractivity contribution < 1.29 is 4.74 Å². The van der Waals surface area contributed by atoms with Crippen LogP contribution < -0.4 is 4.74 Å². The molecule has 1 rings (SSSR count). The average molecular weight is 276 g/mol. The molecule has 66 valence electrons. The van der Waals surface area contributed by atoms with Crippen LogP contribution in [0.4, 0.5) is 0 Å². The molecular formula is C10H13IO. The fourth-order valence-electron chi connectivity index (χ4n) is 0.820. The van der Waals surface area contributed by atoms with Gasteiger partial charge in [0.05, 0.1) is 6.61 Å². The van der Waals surface area contributed by atoms with Crippen molar-refractivity contribution >= 4 is 22.6 Å². The predicted molar refractivity (Wildman–Crippen MR) is 59.5 cm³/mol. The second-order valence-electron chi connectivity index (χ2n) is 3.16. The van der Waals surface area contributed by atoms with Gasteiger partial charge in [-0.2, -0.15) is 0 Å². The summed E-state index contributed by atoms with van der Waals surface area (Å²) in [6.07, 6.45) is 0. The smallest absolute Gasteiger partial charge is 0.120 e. The van der Waals surface area contributed by atoms with E-state index < -0.39 is 0 Å². The summed E-state index contributed by atoms with van der Waals surface area (Å²) in [4.78, 5) is 0. The van der Waals surface area contributed by atoms with Crippen LogP contribution in [0.3, 0.4) is 0 Å². The summed E-state index contributed by atoms with van der Waals surface area (Å²) in [6, 6.07) is 8.10. The molecule has 0 unspecified atom stereocenters. The van der Waals surface area contributed by atoms with Crippen LogP contribution in [0.2, 0.25) is 0 Å². The highest BCUT2D eigenvalue weighted by Gasteiger charge is 1.96. The van der Waals surface area contributed by atoms with Crippen LogP contribution in [0, 0.1) is 9.49 Å². The average Bonchev–Trinajstić information content (AvgIpc) is 2.01. The molecule has 0 saturated heterocycles. The Balaban J connectivity index is 2.52. The summed E-state index contributed by atoms with van der Waals surface area (Å²) in [5, 5.41) is 0. The van der Waals surface area contributed by atoms with Crippen molar-refractivity contribution in [1.82, 2.24) is 0 Å². The molecule has 0 atom stereocenters. The first-order chi connectivity index (χ1) is 5.68. The van der Waals surface area contributed by atoms with Gasteiger partial charge in [-0.3, -0.25) is 0 Å². The quantitative estimate of drug-likeness (QED) is 0.769. The van der Waals surface area contributed by atoms with E-state index in [4.69, 9.17) is 4.74 Å². The van der Waals surface area contributed by atoms with Crippen LogP contribution in [0.5, 0.6) is 5.75 Å². The van der Waals surface area contributed by atoms with Gasteiger partial charge in [-0.25, -0.2) is 0 Å². The standard InChI is InChI=1S/C10H13IO/c1-8(2)7-12-10-5-3-4-9(11)6-10/h3-6,8H,7H2,1-2H3. The van der Waals surface area contributed by atoms with Crippen LogP contribution in [-0.2, 0) is 0 Å². The van der Waals surface area contributed by atoms with Gasteiger partial charge >= 0.3 is 0 Å². The van der Waals surface area contributed by atoms with Gasteiger partial charge < -0.3 is 4.74 Å². The lowest BCUT2D eigenvalue weighted by Crippen LogP contribution is -2.04. The van der Waals surface area contributed by atoms with E-state index in [-0.39, 0.29) is 0 Å². The Kier molecular flexibility index (Phi) is 3.85. The zero-order valence-corrected chi connectivity index (χ0v) is 9.54. The molecule has 1 aromatic rings. The van der Waals surface area contributed by atoms with E-state index in [9.17, 15) is 0 Å². The van der Waals surface area contributed by atoms with Crippen molar-refractivity contribution in [2.45, 2.75) is 13.8 Å². The highest BCUT2D eigenvalue weighted by molar-refractivity contribution is 14.1. The molecule has 0 aliphatic heterocycles. The normalized spacial score (nSPS) is 10.3. The SMILES string of the molecule is CC(C)COc1cccc(I)c1. The summed E-state index contributed by atoms with van der Waals surface area (Å²) in [7, 11) is 0. The summed E-state index contributed by atoms with van der Waals surface area (Å²) >= 11 is 2.28. The van der Waals surface area contributed by atoms with Crippen LogP contribution in [-0.4, -0.2) is 6.61 Å². The second kappa shape index (κ2) is 4.70. The Morgan fingerprint density at radius 2 is 2.17 bits per heavy atom. The number of rotatable bonds is 3. The number of halogens is 1. The maximum absolute atomic E-state index is 5.54. The Morgan fingerprint density at radius 3 is 2.75 bits per heavy atom. The number of ether oxygens (including phenoxy) is 1. The molecule has 0 aliphatic rings. The number of hydrogen-bond donors (Lipinski definition) is 0. The lowest BCUT2D eigenvalue weighted by Gasteiger charge is -2.08. The molecule has 0 N–H and O–H groups in total. The molecule has 0 saturated carbocycles. The third kappa shape index (κ3) is 3.43. The van der Waals surface area contributed by atoms with E-state index in [2.05, 4.69) is 42.5 Å².